The summed E-state index contributed by atoms with van der Waals surface area (Å²) in [5, 5.41) is 6.41. The number of rotatable bonds is 9. The van der Waals surface area contributed by atoms with Crippen LogP contribution in [-0.4, -0.2) is 37.6 Å². The highest BCUT2D eigenvalue weighted by Crippen LogP contribution is 2.29. The molecule has 2 aromatic rings. The summed E-state index contributed by atoms with van der Waals surface area (Å²) in [6.07, 6.45) is 8.04. The van der Waals surface area contributed by atoms with Gasteiger partial charge in [0.15, 0.2) is 6.61 Å². The van der Waals surface area contributed by atoms with Gasteiger partial charge in [0.2, 0.25) is 5.91 Å². The summed E-state index contributed by atoms with van der Waals surface area (Å²) in [5.41, 5.74) is 2.87. The second-order valence-corrected chi connectivity index (χ2v) is 8.28. The van der Waals surface area contributed by atoms with Crippen molar-refractivity contribution in [3.05, 3.63) is 76.3 Å². The number of ether oxygens (including phenoxy) is 2. The lowest BCUT2D eigenvalue weighted by Crippen LogP contribution is -2.30. The Morgan fingerprint density at radius 3 is 2.75 bits per heavy atom. The highest BCUT2D eigenvalue weighted by atomic mass is 35.5. The predicted octanol–water partition coefficient (Wildman–Crippen LogP) is 3.69. The monoisotopic (exact) mass is 452 g/mol. The number of benzene rings is 2. The molecular weight excluding hydrogens is 428 g/mol. The lowest BCUT2D eigenvalue weighted by Gasteiger charge is -2.16. The molecule has 1 fully saturated rings. The standard InChI is InChI=1S/C25H25ClN2O4/c26-20-4-9-23-19(14-20)13-18(15-32-23)3-10-24(29)27-12-11-17-1-7-22(8-2-17)31-16-25(30)28-21-5-6-21/h1-4,7-10,13-14,21H,5-6,11-12,15-16H2,(H,27,29)(H,28,30)/b10-3+. The van der Waals surface area contributed by atoms with Crippen molar-refractivity contribution in [2.75, 3.05) is 19.8 Å². The molecule has 2 N–H and O–H groups in total. The normalized spacial score (nSPS) is 14.8. The molecule has 0 saturated heterocycles. The highest BCUT2D eigenvalue weighted by molar-refractivity contribution is 6.30. The molecule has 6 nitrogen and oxygen atoms in total. The Morgan fingerprint density at radius 2 is 1.97 bits per heavy atom. The Morgan fingerprint density at radius 1 is 1.16 bits per heavy atom. The molecule has 2 aromatic carbocycles. The van der Waals surface area contributed by atoms with Crippen molar-refractivity contribution in [1.29, 1.82) is 0 Å². The maximum absolute atomic E-state index is 12.1. The molecule has 2 amide bonds. The van der Waals surface area contributed by atoms with Gasteiger partial charge in [0.05, 0.1) is 0 Å². The fraction of sp³-hybridized carbons (Fsp3) is 0.280. The zero-order valence-electron chi connectivity index (χ0n) is 17.6. The maximum Gasteiger partial charge on any atom is 0.258 e. The Kier molecular flexibility index (Phi) is 7.12. The third kappa shape index (κ3) is 6.62. The summed E-state index contributed by atoms with van der Waals surface area (Å²) >= 11 is 6.02. The van der Waals surface area contributed by atoms with Crippen molar-refractivity contribution in [1.82, 2.24) is 10.6 Å². The van der Waals surface area contributed by atoms with Crippen molar-refractivity contribution in [3.8, 4) is 11.5 Å². The van der Waals surface area contributed by atoms with Gasteiger partial charge in [-0.25, -0.2) is 0 Å². The van der Waals surface area contributed by atoms with Crippen molar-refractivity contribution < 1.29 is 19.1 Å². The summed E-state index contributed by atoms with van der Waals surface area (Å²) in [4.78, 5) is 23.8. The summed E-state index contributed by atoms with van der Waals surface area (Å²) in [6.45, 7) is 0.953. The average molecular weight is 453 g/mol. The topological polar surface area (TPSA) is 76.7 Å². The van der Waals surface area contributed by atoms with Gasteiger partial charge in [-0.1, -0.05) is 29.8 Å². The molecule has 2 aliphatic rings. The lowest BCUT2D eigenvalue weighted by molar-refractivity contribution is -0.123. The van der Waals surface area contributed by atoms with E-state index in [9.17, 15) is 9.59 Å². The van der Waals surface area contributed by atoms with Gasteiger partial charge in [-0.05, 0) is 66.8 Å². The van der Waals surface area contributed by atoms with Crippen LogP contribution >= 0.6 is 11.6 Å². The van der Waals surface area contributed by atoms with Gasteiger partial charge in [-0.15, -0.1) is 0 Å². The third-order valence-electron chi connectivity index (χ3n) is 5.10. The van der Waals surface area contributed by atoms with Crippen LogP contribution in [0.1, 0.15) is 24.0 Å². The second-order valence-electron chi connectivity index (χ2n) is 7.84. The lowest BCUT2D eigenvalue weighted by atomic mass is 10.1. The predicted molar refractivity (Wildman–Crippen MR) is 124 cm³/mol. The second kappa shape index (κ2) is 10.4. The van der Waals surface area contributed by atoms with Gasteiger partial charge < -0.3 is 20.1 Å². The number of halogens is 1. The molecule has 0 spiro atoms. The van der Waals surface area contributed by atoms with E-state index in [2.05, 4.69) is 10.6 Å². The van der Waals surface area contributed by atoms with E-state index in [1.54, 1.807) is 12.1 Å². The van der Waals surface area contributed by atoms with Gasteiger partial charge in [0, 0.05) is 29.2 Å². The molecule has 0 bridgehead atoms. The largest absolute Gasteiger partial charge is 0.488 e. The molecule has 166 valence electrons. The quantitative estimate of drug-likeness (QED) is 0.569. The van der Waals surface area contributed by atoms with Crippen molar-refractivity contribution in [2.24, 2.45) is 0 Å². The van der Waals surface area contributed by atoms with E-state index in [1.807, 2.05) is 42.5 Å². The third-order valence-corrected chi connectivity index (χ3v) is 5.34. The molecule has 32 heavy (non-hydrogen) atoms. The molecule has 4 rings (SSSR count). The van der Waals surface area contributed by atoms with E-state index in [1.165, 1.54) is 6.08 Å². The number of nitrogens with one attached hydrogen (secondary N) is 2. The first-order chi connectivity index (χ1) is 15.5. The average Bonchev–Trinajstić information content (AvgIpc) is 3.61. The number of carbonyl (C=O) groups is 2. The van der Waals surface area contributed by atoms with E-state index < -0.39 is 0 Å². The molecule has 1 aliphatic heterocycles. The van der Waals surface area contributed by atoms with Crippen LogP contribution in [0, 0.1) is 0 Å². The molecule has 0 atom stereocenters. The summed E-state index contributed by atoms with van der Waals surface area (Å²) < 4.78 is 11.2. The van der Waals surface area contributed by atoms with Crippen LogP contribution in [0.2, 0.25) is 5.02 Å². The first-order valence-corrected chi connectivity index (χ1v) is 11.0. The SMILES string of the molecule is O=C(/C=C/C1=Cc2cc(Cl)ccc2OC1)NCCc1ccc(OCC(=O)NC2CC2)cc1. The summed E-state index contributed by atoms with van der Waals surface area (Å²) in [7, 11) is 0. The van der Waals surface area contributed by atoms with Crippen LogP contribution in [0.25, 0.3) is 6.08 Å². The Balaban J connectivity index is 1.18. The first-order valence-electron chi connectivity index (χ1n) is 10.6. The Labute approximate surface area is 192 Å². The van der Waals surface area contributed by atoms with Gasteiger partial charge in [0.1, 0.15) is 18.1 Å². The zero-order chi connectivity index (χ0) is 22.3. The van der Waals surface area contributed by atoms with Crippen LogP contribution in [-0.2, 0) is 16.0 Å². The molecule has 1 saturated carbocycles. The molecule has 0 unspecified atom stereocenters. The minimum absolute atomic E-state index is 0.0261. The van der Waals surface area contributed by atoms with E-state index >= 15 is 0 Å². The Bertz CT molecular complexity index is 1040. The highest BCUT2D eigenvalue weighted by Gasteiger charge is 2.23. The number of carbonyl (C=O) groups excluding carboxylic acids is 2. The maximum atomic E-state index is 12.1. The van der Waals surface area contributed by atoms with Crippen LogP contribution in [0.15, 0.2) is 60.2 Å². The summed E-state index contributed by atoms with van der Waals surface area (Å²) in [6, 6.07) is 13.3. The fourth-order valence-electron chi connectivity index (χ4n) is 3.23. The molecule has 1 aliphatic carbocycles. The van der Waals surface area contributed by atoms with E-state index in [0.29, 0.717) is 36.4 Å². The number of hydrogen-bond donors (Lipinski definition) is 2. The fourth-order valence-corrected chi connectivity index (χ4v) is 3.41. The number of fused-ring (bicyclic) bond motifs is 1. The van der Waals surface area contributed by atoms with Gasteiger partial charge in [0.25, 0.3) is 5.91 Å². The van der Waals surface area contributed by atoms with E-state index in [-0.39, 0.29) is 18.4 Å². The van der Waals surface area contributed by atoms with E-state index in [0.717, 1.165) is 35.3 Å². The van der Waals surface area contributed by atoms with Crippen LogP contribution in [0.3, 0.4) is 0 Å². The van der Waals surface area contributed by atoms with Crippen molar-refractivity contribution >= 4 is 29.5 Å². The van der Waals surface area contributed by atoms with Crippen molar-refractivity contribution in [3.63, 3.8) is 0 Å². The van der Waals surface area contributed by atoms with Gasteiger partial charge in [-0.3, -0.25) is 9.59 Å². The smallest absolute Gasteiger partial charge is 0.258 e. The molecule has 0 radical (unpaired) electrons. The first kappa shape index (κ1) is 22.0. The van der Waals surface area contributed by atoms with Gasteiger partial charge >= 0.3 is 0 Å². The van der Waals surface area contributed by atoms with Gasteiger partial charge in [-0.2, -0.15) is 0 Å². The van der Waals surface area contributed by atoms with Crippen LogP contribution < -0.4 is 20.1 Å². The van der Waals surface area contributed by atoms with E-state index in [4.69, 9.17) is 21.1 Å². The molecule has 7 heteroatoms. The molecular formula is C25H25ClN2O4. The molecule has 1 heterocycles. The summed E-state index contributed by atoms with van der Waals surface area (Å²) in [5.74, 6) is 1.19. The van der Waals surface area contributed by atoms with Crippen molar-refractivity contribution in [2.45, 2.75) is 25.3 Å². The number of amides is 2. The Hall–Kier alpha value is -3.25. The molecule has 0 aromatic heterocycles. The minimum Gasteiger partial charge on any atom is -0.488 e. The zero-order valence-corrected chi connectivity index (χ0v) is 18.4. The van der Waals surface area contributed by atoms with Crippen LogP contribution in [0.4, 0.5) is 0 Å². The van der Waals surface area contributed by atoms with Crippen LogP contribution in [0.5, 0.6) is 11.5 Å². The number of hydrogen-bond acceptors (Lipinski definition) is 4. The minimum atomic E-state index is -0.163.